The van der Waals surface area contributed by atoms with E-state index in [4.69, 9.17) is 10.7 Å². The van der Waals surface area contributed by atoms with Gasteiger partial charge in [0.25, 0.3) is 0 Å². The summed E-state index contributed by atoms with van der Waals surface area (Å²) in [6.07, 6.45) is 9.77. The molecule has 0 unspecified atom stereocenters. The highest BCUT2D eigenvalue weighted by atomic mass is 32.2. The predicted molar refractivity (Wildman–Crippen MR) is 112 cm³/mol. The highest BCUT2D eigenvalue weighted by Crippen LogP contribution is 2.46. The Morgan fingerprint density at radius 3 is 2.71 bits per heavy atom. The molecule has 146 valence electrons. The first-order chi connectivity index (χ1) is 13.7. The first-order valence-corrected chi connectivity index (χ1v) is 10.9. The number of piperidine rings is 1. The maximum atomic E-state index is 6.45. The lowest BCUT2D eigenvalue weighted by Crippen LogP contribution is -2.47. The van der Waals surface area contributed by atoms with Crippen molar-refractivity contribution in [1.82, 2.24) is 19.6 Å². The third-order valence-electron chi connectivity index (χ3n) is 6.61. The number of aryl methyl sites for hydroxylation is 1. The van der Waals surface area contributed by atoms with Gasteiger partial charge < -0.3 is 10.6 Å². The minimum absolute atomic E-state index is 0.351. The van der Waals surface area contributed by atoms with E-state index in [2.05, 4.69) is 46.3 Å². The van der Waals surface area contributed by atoms with Crippen LogP contribution in [0, 0.1) is 12.3 Å². The van der Waals surface area contributed by atoms with E-state index in [9.17, 15) is 0 Å². The first kappa shape index (κ1) is 17.9. The van der Waals surface area contributed by atoms with Crippen LogP contribution in [0.15, 0.2) is 46.6 Å². The summed E-state index contributed by atoms with van der Waals surface area (Å²) in [5.41, 5.74) is 8.92. The summed E-state index contributed by atoms with van der Waals surface area (Å²) in [5.74, 6) is 0.940. The van der Waals surface area contributed by atoms with E-state index in [-0.39, 0.29) is 0 Å². The fourth-order valence-corrected chi connectivity index (χ4v) is 5.77. The van der Waals surface area contributed by atoms with E-state index in [1.807, 2.05) is 10.6 Å². The van der Waals surface area contributed by atoms with Gasteiger partial charge in [0.15, 0.2) is 5.65 Å². The van der Waals surface area contributed by atoms with Crippen molar-refractivity contribution < 1.29 is 0 Å². The molecule has 1 aromatic carbocycles. The Bertz CT molecular complexity index is 991. The predicted octanol–water partition coefficient (Wildman–Crippen LogP) is 3.68. The third kappa shape index (κ3) is 2.97. The smallest absolute Gasteiger partial charge is 0.212 e. The van der Waals surface area contributed by atoms with E-state index in [1.54, 1.807) is 18.1 Å². The van der Waals surface area contributed by atoms with Gasteiger partial charge in [0.2, 0.25) is 5.95 Å². The Morgan fingerprint density at radius 2 is 1.96 bits per heavy atom. The monoisotopic (exact) mass is 394 g/mol. The number of aromatic nitrogens is 4. The van der Waals surface area contributed by atoms with Crippen LogP contribution in [0.5, 0.6) is 0 Å². The summed E-state index contributed by atoms with van der Waals surface area (Å²) in [6, 6.07) is 8.76. The van der Waals surface area contributed by atoms with Crippen molar-refractivity contribution in [3.63, 3.8) is 0 Å². The minimum Gasteiger partial charge on any atom is -0.342 e. The number of benzene rings is 1. The molecule has 6 nitrogen and oxygen atoms in total. The van der Waals surface area contributed by atoms with Crippen molar-refractivity contribution in [2.45, 2.75) is 54.9 Å². The van der Waals surface area contributed by atoms with E-state index < -0.39 is 0 Å². The van der Waals surface area contributed by atoms with Crippen LogP contribution in [0.25, 0.3) is 5.65 Å². The molecule has 2 N–H and O–H groups in total. The van der Waals surface area contributed by atoms with Crippen LogP contribution in [0.2, 0.25) is 0 Å². The van der Waals surface area contributed by atoms with Crippen LogP contribution >= 0.6 is 11.8 Å². The second-order valence-electron chi connectivity index (χ2n) is 8.16. The molecule has 1 aliphatic carbocycles. The summed E-state index contributed by atoms with van der Waals surface area (Å²) in [4.78, 5) is 9.44. The molecule has 5 rings (SSSR count). The van der Waals surface area contributed by atoms with E-state index in [0.717, 1.165) is 42.4 Å². The maximum absolute atomic E-state index is 6.45. The standard InChI is InChI=1S/C21H26N6S/c1-15-5-2-3-6-16(15)28-17-13-23-20(27-14-24-25-19(17)27)26-11-9-21(10-12-26)8-4-7-18(21)22/h2-3,5-6,13-14,18H,4,7-12,22H2,1H3/t18-/m1/s1. The normalized spacial score (nSPS) is 21.6. The van der Waals surface area contributed by atoms with Gasteiger partial charge in [0, 0.05) is 30.2 Å². The summed E-state index contributed by atoms with van der Waals surface area (Å²) in [7, 11) is 0. The summed E-state index contributed by atoms with van der Waals surface area (Å²) in [6.45, 7) is 4.12. The van der Waals surface area contributed by atoms with Gasteiger partial charge in [-0.2, -0.15) is 0 Å². The number of rotatable bonds is 3. The fourth-order valence-electron chi connectivity index (χ4n) is 4.82. The van der Waals surface area contributed by atoms with E-state index in [0.29, 0.717) is 11.5 Å². The molecule has 1 saturated heterocycles. The molecule has 7 heteroatoms. The van der Waals surface area contributed by atoms with Crippen LogP contribution in [0.4, 0.5) is 5.95 Å². The molecule has 1 saturated carbocycles. The van der Waals surface area contributed by atoms with Gasteiger partial charge in [0.05, 0.1) is 4.90 Å². The van der Waals surface area contributed by atoms with Gasteiger partial charge in [-0.25, -0.2) is 9.38 Å². The van der Waals surface area contributed by atoms with Crippen molar-refractivity contribution in [3.05, 3.63) is 42.4 Å². The molecule has 1 aliphatic heterocycles. The summed E-state index contributed by atoms with van der Waals surface area (Å²) in [5, 5.41) is 8.57. The Morgan fingerprint density at radius 1 is 1.14 bits per heavy atom. The molecular formula is C21H26N6S. The van der Waals surface area contributed by atoms with Gasteiger partial charge >= 0.3 is 0 Å². The Hall–Kier alpha value is -2.12. The molecule has 3 heterocycles. The number of hydrogen-bond acceptors (Lipinski definition) is 6. The van der Waals surface area contributed by atoms with Crippen molar-refractivity contribution in [3.8, 4) is 0 Å². The van der Waals surface area contributed by atoms with Crippen molar-refractivity contribution in [1.29, 1.82) is 0 Å². The lowest BCUT2D eigenvalue weighted by molar-refractivity contribution is 0.197. The van der Waals surface area contributed by atoms with Gasteiger partial charge in [0.1, 0.15) is 6.33 Å². The quantitative estimate of drug-likeness (QED) is 0.731. The van der Waals surface area contributed by atoms with Gasteiger partial charge in [-0.3, -0.25) is 0 Å². The van der Waals surface area contributed by atoms with E-state index in [1.165, 1.54) is 29.7 Å². The second-order valence-corrected chi connectivity index (χ2v) is 9.25. The van der Waals surface area contributed by atoms with Gasteiger partial charge in [-0.15, -0.1) is 10.2 Å². The maximum Gasteiger partial charge on any atom is 0.212 e. The summed E-state index contributed by atoms with van der Waals surface area (Å²) < 4.78 is 2.03. The van der Waals surface area contributed by atoms with E-state index >= 15 is 0 Å². The van der Waals surface area contributed by atoms with Crippen LogP contribution in [-0.2, 0) is 0 Å². The van der Waals surface area contributed by atoms with Crippen LogP contribution in [0.3, 0.4) is 0 Å². The molecule has 2 aliphatic rings. The lowest BCUT2D eigenvalue weighted by Gasteiger charge is -2.42. The number of fused-ring (bicyclic) bond motifs is 1. The number of nitrogens with two attached hydrogens (primary N) is 1. The van der Waals surface area contributed by atoms with Gasteiger partial charge in [-0.1, -0.05) is 36.4 Å². The SMILES string of the molecule is Cc1ccccc1Sc1cnc(N2CCC3(CCC[C@H]3N)CC2)n2cnnc12. The fraction of sp³-hybridized carbons (Fsp3) is 0.476. The number of anilines is 1. The number of nitrogens with zero attached hydrogens (tertiary/aromatic N) is 5. The average Bonchev–Trinajstić information content (AvgIpc) is 3.33. The zero-order valence-electron chi connectivity index (χ0n) is 16.2. The van der Waals surface area contributed by atoms with Crippen molar-refractivity contribution in [2.24, 2.45) is 11.1 Å². The second kappa shape index (κ2) is 7.04. The van der Waals surface area contributed by atoms with Crippen LogP contribution in [-0.4, -0.2) is 38.7 Å². The van der Waals surface area contributed by atoms with Crippen molar-refractivity contribution in [2.75, 3.05) is 18.0 Å². The van der Waals surface area contributed by atoms with Gasteiger partial charge in [-0.05, 0) is 49.7 Å². The molecular weight excluding hydrogens is 368 g/mol. The molecule has 2 aromatic heterocycles. The zero-order valence-corrected chi connectivity index (χ0v) is 17.0. The molecule has 3 aromatic rings. The zero-order chi connectivity index (χ0) is 19.1. The average molecular weight is 395 g/mol. The molecule has 0 amide bonds. The minimum atomic E-state index is 0.351. The third-order valence-corrected chi connectivity index (χ3v) is 7.80. The highest BCUT2D eigenvalue weighted by molar-refractivity contribution is 7.99. The molecule has 1 spiro atoms. The Balaban J connectivity index is 1.41. The highest BCUT2D eigenvalue weighted by Gasteiger charge is 2.43. The molecule has 0 bridgehead atoms. The first-order valence-electron chi connectivity index (χ1n) is 10.1. The largest absolute Gasteiger partial charge is 0.342 e. The molecule has 1 atom stereocenters. The molecule has 2 fully saturated rings. The molecule has 0 radical (unpaired) electrons. The Kier molecular flexibility index (Phi) is 4.51. The topological polar surface area (TPSA) is 72.3 Å². The lowest BCUT2D eigenvalue weighted by atomic mass is 9.74. The molecule has 28 heavy (non-hydrogen) atoms. The summed E-state index contributed by atoms with van der Waals surface area (Å²) >= 11 is 1.70. The van der Waals surface area contributed by atoms with Crippen molar-refractivity contribution >= 4 is 23.4 Å². The number of hydrogen-bond donors (Lipinski definition) is 1. The Labute approximate surface area is 169 Å². The van der Waals surface area contributed by atoms with Crippen LogP contribution in [0.1, 0.15) is 37.7 Å². The van der Waals surface area contributed by atoms with Crippen LogP contribution < -0.4 is 10.6 Å².